The minimum atomic E-state index is -5.48. The highest BCUT2D eigenvalue weighted by atomic mass is 31.3. The van der Waals surface area contributed by atoms with Gasteiger partial charge in [-0.2, -0.15) is 9.29 Å². The molecule has 7 N–H and O–H groups in total. The van der Waals surface area contributed by atoms with Gasteiger partial charge in [0.2, 0.25) is 0 Å². The van der Waals surface area contributed by atoms with Gasteiger partial charge < -0.3 is 45.1 Å². The van der Waals surface area contributed by atoms with E-state index in [0.717, 1.165) is 94.2 Å². The van der Waals surface area contributed by atoms with E-state index in [1.807, 2.05) is 12.2 Å². The molecule has 1 aromatic rings. The van der Waals surface area contributed by atoms with Gasteiger partial charge in [-0.15, -0.1) is 0 Å². The van der Waals surface area contributed by atoms with E-state index in [-0.39, 0.29) is 31.5 Å². The summed E-state index contributed by atoms with van der Waals surface area (Å²) < 4.78 is 56.7. The predicted molar refractivity (Wildman–Crippen MR) is 290 cm³/mol. The third kappa shape index (κ3) is 33.4. The number of nitrogen functional groups attached to an aromatic ring is 1. The smallest absolute Gasteiger partial charge is 0.462 e. The van der Waals surface area contributed by atoms with E-state index < -0.39 is 89.8 Å². The average Bonchev–Trinajstić information content (AvgIpc) is 3.64. The molecule has 0 aromatic carbocycles. The molecule has 1 aromatic heterocycles. The summed E-state index contributed by atoms with van der Waals surface area (Å²) in [5.74, 6) is -1.51. The number of anilines is 1. The Kier molecular flexibility index (Phi) is 36.3. The molecule has 0 amide bonds. The molecular weight excluding hydrogens is 1010 g/mol. The van der Waals surface area contributed by atoms with Crippen LogP contribution in [-0.2, 0) is 46.3 Å². The first-order valence-electron chi connectivity index (χ1n) is 26.4. The molecule has 0 aliphatic carbocycles. The first-order valence-corrected chi connectivity index (χ1v) is 29.3. The fourth-order valence-corrected chi connectivity index (χ4v) is 9.27. The number of phosphoric acid groups is 2. The lowest BCUT2D eigenvalue weighted by Gasteiger charge is -2.21. The van der Waals surface area contributed by atoms with E-state index in [1.165, 1.54) is 25.3 Å². The van der Waals surface area contributed by atoms with Crippen molar-refractivity contribution in [3.05, 3.63) is 120 Å². The van der Waals surface area contributed by atoms with Gasteiger partial charge in [-0.05, 0) is 83.1 Å². The number of allylic oxidation sites excluding steroid dienone is 14. The Morgan fingerprint density at radius 3 is 1.96 bits per heavy atom. The lowest BCUT2D eigenvalue weighted by atomic mass is 10.1. The van der Waals surface area contributed by atoms with Crippen molar-refractivity contribution in [2.75, 3.05) is 25.6 Å². The maximum absolute atomic E-state index is 12.9. The predicted octanol–water partition coefficient (Wildman–Crippen LogP) is 10.2. The van der Waals surface area contributed by atoms with Crippen LogP contribution in [0.4, 0.5) is 5.82 Å². The summed E-state index contributed by atoms with van der Waals surface area (Å²) in [7, 11) is -10.9. The zero-order valence-electron chi connectivity index (χ0n) is 43.9. The number of carbonyl (C=O) groups is 2. The van der Waals surface area contributed by atoms with Crippen molar-refractivity contribution in [3.8, 4) is 0 Å². The second kappa shape index (κ2) is 40.8. The second-order valence-corrected chi connectivity index (χ2v) is 20.9. The van der Waals surface area contributed by atoms with E-state index in [4.69, 9.17) is 29.0 Å². The quantitative estimate of drug-likeness (QED) is 0.0117. The van der Waals surface area contributed by atoms with Crippen LogP contribution in [0.3, 0.4) is 0 Å². The summed E-state index contributed by atoms with van der Waals surface area (Å²) >= 11 is 0. The van der Waals surface area contributed by atoms with Crippen LogP contribution in [0.25, 0.3) is 0 Å². The topological polar surface area (TPSA) is 286 Å². The minimum absolute atomic E-state index is 0.0755. The van der Waals surface area contributed by atoms with Crippen LogP contribution < -0.4 is 11.4 Å². The van der Waals surface area contributed by atoms with Crippen molar-refractivity contribution in [1.82, 2.24) is 9.55 Å². The van der Waals surface area contributed by atoms with Crippen LogP contribution in [0.15, 0.2) is 114 Å². The largest absolute Gasteiger partial charge is 0.481 e. The molecule has 0 saturated carbocycles. The molecule has 21 heteroatoms. The summed E-state index contributed by atoms with van der Waals surface area (Å²) in [6.45, 7) is 1.84. The molecule has 422 valence electrons. The van der Waals surface area contributed by atoms with Crippen molar-refractivity contribution in [2.24, 2.45) is 0 Å². The van der Waals surface area contributed by atoms with E-state index in [9.17, 15) is 48.6 Å². The maximum atomic E-state index is 12.9. The SMILES string of the molecule is CC/C=C\C/C=C\C/C=C\C/C=C\C=C/C(O)C/C=C\CCC(=O)O[C@H](COC(=O)CCCCCCCCC/C=C\C/C=C\CCCCC)COP(=O)(O)OP(=O)(O)OC[C@H]1O[C@@H](n2ccc(N)nc2=O)[C@H](O)[C@@H]1O. The Bertz CT molecular complexity index is 2150. The third-order valence-corrected chi connectivity index (χ3v) is 13.8. The van der Waals surface area contributed by atoms with Crippen LogP contribution in [0.1, 0.15) is 155 Å². The Labute approximate surface area is 443 Å². The summed E-state index contributed by atoms with van der Waals surface area (Å²) in [4.78, 5) is 62.0. The number of nitrogens with two attached hydrogens (primary N) is 1. The number of ether oxygens (including phenoxy) is 3. The lowest BCUT2D eigenvalue weighted by molar-refractivity contribution is -0.161. The van der Waals surface area contributed by atoms with Crippen molar-refractivity contribution in [1.29, 1.82) is 0 Å². The zero-order valence-corrected chi connectivity index (χ0v) is 45.7. The molecule has 1 aliphatic heterocycles. The van der Waals surface area contributed by atoms with Gasteiger partial charge >= 0.3 is 33.3 Å². The second-order valence-electron chi connectivity index (χ2n) is 17.8. The van der Waals surface area contributed by atoms with Crippen molar-refractivity contribution < 1.29 is 71.4 Å². The van der Waals surface area contributed by atoms with Gasteiger partial charge in [-0.25, -0.2) is 13.9 Å². The van der Waals surface area contributed by atoms with E-state index >= 15 is 0 Å². The van der Waals surface area contributed by atoms with Crippen molar-refractivity contribution >= 4 is 33.4 Å². The Morgan fingerprint density at radius 2 is 1.31 bits per heavy atom. The number of aromatic nitrogens is 2. The lowest BCUT2D eigenvalue weighted by Crippen LogP contribution is -2.36. The molecular formula is C54H85N3O16P2. The molecule has 1 aliphatic rings. The molecule has 19 nitrogen and oxygen atoms in total. The summed E-state index contributed by atoms with van der Waals surface area (Å²) in [6.07, 6.45) is 42.2. The number of hydrogen-bond donors (Lipinski definition) is 6. The average molecular weight is 1090 g/mol. The van der Waals surface area contributed by atoms with Crippen molar-refractivity contribution in [2.45, 2.75) is 185 Å². The molecule has 1 fully saturated rings. The van der Waals surface area contributed by atoms with Crippen LogP contribution in [0.5, 0.6) is 0 Å². The Morgan fingerprint density at radius 1 is 0.720 bits per heavy atom. The van der Waals surface area contributed by atoms with Gasteiger partial charge in [0.15, 0.2) is 12.3 Å². The van der Waals surface area contributed by atoms with Gasteiger partial charge in [0.25, 0.3) is 0 Å². The van der Waals surface area contributed by atoms with E-state index in [0.29, 0.717) is 6.42 Å². The highest BCUT2D eigenvalue weighted by molar-refractivity contribution is 7.61. The number of aliphatic hydroxyl groups is 3. The molecule has 75 heavy (non-hydrogen) atoms. The highest BCUT2D eigenvalue weighted by Crippen LogP contribution is 2.60. The number of phosphoric ester groups is 2. The molecule has 0 radical (unpaired) electrons. The van der Waals surface area contributed by atoms with Crippen LogP contribution in [-0.4, -0.2) is 96.9 Å². The molecule has 3 unspecified atom stereocenters. The van der Waals surface area contributed by atoms with Gasteiger partial charge in [0, 0.05) is 19.0 Å². The first-order chi connectivity index (χ1) is 36.1. The number of unbranched alkanes of at least 4 members (excludes halogenated alkanes) is 10. The number of nitrogens with zero attached hydrogens (tertiary/aromatic N) is 2. The normalized spacial score (nSPS) is 20.0. The number of rotatable bonds is 42. The van der Waals surface area contributed by atoms with E-state index in [1.54, 1.807) is 24.3 Å². The van der Waals surface area contributed by atoms with Gasteiger partial charge in [-0.3, -0.25) is 23.2 Å². The number of carbonyl (C=O) groups excluding carboxylic acids is 2. The van der Waals surface area contributed by atoms with Crippen molar-refractivity contribution in [3.63, 3.8) is 0 Å². The number of hydrogen-bond acceptors (Lipinski definition) is 16. The minimum Gasteiger partial charge on any atom is -0.462 e. The van der Waals surface area contributed by atoms with E-state index in [2.05, 4.69) is 83.9 Å². The first kappa shape index (κ1) is 66.8. The third-order valence-electron chi connectivity index (χ3n) is 11.2. The summed E-state index contributed by atoms with van der Waals surface area (Å²) in [5.41, 5.74) is 4.57. The molecule has 0 bridgehead atoms. The van der Waals surface area contributed by atoms with Crippen LogP contribution in [0.2, 0.25) is 0 Å². The standard InChI is InChI=1S/C54H85N3O16P2/c1-3-5-7-9-11-13-15-17-18-19-20-22-24-26-28-30-34-38-49(59)68-42-46(71-50(60)39-35-31-33-37-45(58)36-32-29-27-25-23-21-16-14-12-10-8-6-4-2)43-69-74(64,65)73-75(66,67)70-44-47-51(61)52(62)53(72-47)57-41-40-48(55)56-54(57)63/h6,8,11-14,17-18,21,23,27,29,31-33,36,40-41,45-47,51-53,58,61-62H,3-5,7,9-10,15-16,19-20,22,24-26,28,30,34-35,37-39,42-44H2,1-2H3,(H,64,65)(H,66,67)(H2,55,56,63)/b8-6-,13-11-,14-12-,18-17-,23-21-,29-27-,33-31-,36-32-/t45?,46-,47-,51-,52-,53-/m1/s1. The van der Waals surface area contributed by atoms with Crippen LogP contribution in [0, 0.1) is 0 Å². The monoisotopic (exact) mass is 1090 g/mol. The van der Waals surface area contributed by atoms with Gasteiger partial charge in [0.05, 0.1) is 19.3 Å². The summed E-state index contributed by atoms with van der Waals surface area (Å²) in [5, 5.41) is 31.2. The van der Waals surface area contributed by atoms with Crippen LogP contribution >= 0.6 is 15.6 Å². The fraction of sp³-hybridized carbons (Fsp3) is 0.593. The molecule has 1 saturated heterocycles. The Hall–Kier alpha value is -4.36. The highest BCUT2D eigenvalue weighted by Gasteiger charge is 2.46. The zero-order chi connectivity index (χ0) is 55.0. The molecule has 0 spiro atoms. The Balaban J connectivity index is 1.86. The van der Waals surface area contributed by atoms with Gasteiger partial charge in [0.1, 0.15) is 30.7 Å². The number of esters is 2. The molecule has 8 atom stereocenters. The fourth-order valence-electron chi connectivity index (χ4n) is 7.16. The maximum Gasteiger partial charge on any atom is 0.481 e. The molecule has 2 heterocycles. The number of aliphatic hydroxyl groups excluding tert-OH is 3. The molecule has 2 rings (SSSR count). The summed E-state index contributed by atoms with van der Waals surface area (Å²) in [6, 6.07) is 1.24. The van der Waals surface area contributed by atoms with Gasteiger partial charge in [-0.1, -0.05) is 156 Å².